The maximum absolute atomic E-state index is 5.75. The van der Waals surface area contributed by atoms with E-state index < -0.39 is 0 Å². The summed E-state index contributed by atoms with van der Waals surface area (Å²) in [5, 5.41) is 0. The van der Waals surface area contributed by atoms with E-state index in [1.807, 2.05) is 0 Å². The highest BCUT2D eigenvalue weighted by molar-refractivity contribution is 6.17. The molecule has 1 atom stereocenters. The van der Waals surface area contributed by atoms with Crippen LogP contribution in [-0.2, 0) is 5.88 Å². The van der Waals surface area contributed by atoms with Gasteiger partial charge in [0, 0.05) is 25.2 Å². The van der Waals surface area contributed by atoms with Crippen LogP contribution < -0.4 is 4.90 Å². The molecule has 0 amide bonds. The number of rotatable bonds is 5. The zero-order valence-corrected chi connectivity index (χ0v) is 10.6. The Labute approximate surface area is 98.0 Å². The van der Waals surface area contributed by atoms with E-state index >= 15 is 0 Å². The molecule has 0 saturated carbocycles. The molecule has 1 aromatic rings. The van der Waals surface area contributed by atoms with Gasteiger partial charge >= 0.3 is 0 Å². The molecule has 1 unspecified atom stereocenters. The van der Waals surface area contributed by atoms with E-state index in [1.54, 1.807) is 0 Å². The van der Waals surface area contributed by atoms with Crippen molar-refractivity contribution in [3.63, 3.8) is 0 Å². The molecule has 0 bridgehead atoms. The first kappa shape index (κ1) is 12.4. The number of anilines is 1. The molecule has 0 heterocycles. The third-order valence-electron chi connectivity index (χ3n) is 2.81. The van der Waals surface area contributed by atoms with E-state index in [9.17, 15) is 0 Å². The summed E-state index contributed by atoms with van der Waals surface area (Å²) in [5.41, 5.74) is 2.45. The number of nitrogens with zero attached hydrogens (tertiary/aromatic N) is 1. The van der Waals surface area contributed by atoms with Crippen LogP contribution in [-0.4, -0.2) is 13.6 Å². The molecular formula is C13H20ClN. The van der Waals surface area contributed by atoms with E-state index in [0.717, 1.165) is 12.5 Å². The van der Waals surface area contributed by atoms with Gasteiger partial charge in [0.15, 0.2) is 0 Å². The largest absolute Gasteiger partial charge is 0.374 e. The molecule has 0 saturated heterocycles. The average Bonchev–Trinajstić information content (AvgIpc) is 2.29. The fraction of sp³-hybridized carbons (Fsp3) is 0.538. The van der Waals surface area contributed by atoms with Crippen molar-refractivity contribution in [2.75, 3.05) is 18.5 Å². The minimum Gasteiger partial charge on any atom is -0.374 e. The summed E-state index contributed by atoms with van der Waals surface area (Å²) in [6, 6.07) is 8.46. The summed E-state index contributed by atoms with van der Waals surface area (Å²) in [6.07, 6.45) is 1.23. The number of hydrogen-bond donors (Lipinski definition) is 0. The number of halogens is 1. The Hall–Kier alpha value is -0.690. The van der Waals surface area contributed by atoms with Gasteiger partial charge in [-0.05, 0) is 23.6 Å². The Morgan fingerprint density at radius 3 is 2.33 bits per heavy atom. The fourth-order valence-electron chi connectivity index (χ4n) is 1.54. The summed E-state index contributed by atoms with van der Waals surface area (Å²) in [5.74, 6) is 1.33. The first-order valence-electron chi connectivity index (χ1n) is 5.53. The molecule has 0 aliphatic heterocycles. The van der Waals surface area contributed by atoms with E-state index in [4.69, 9.17) is 11.6 Å². The predicted molar refractivity (Wildman–Crippen MR) is 68.7 cm³/mol. The number of hydrogen-bond acceptors (Lipinski definition) is 1. The Kier molecular flexibility index (Phi) is 4.97. The van der Waals surface area contributed by atoms with Crippen LogP contribution in [0.3, 0.4) is 0 Å². The maximum Gasteiger partial charge on any atom is 0.0474 e. The van der Waals surface area contributed by atoms with Crippen LogP contribution in [0.2, 0.25) is 0 Å². The molecular weight excluding hydrogens is 206 g/mol. The second kappa shape index (κ2) is 6.02. The third-order valence-corrected chi connectivity index (χ3v) is 3.12. The Balaban J connectivity index is 2.61. The summed E-state index contributed by atoms with van der Waals surface area (Å²) in [7, 11) is 2.14. The van der Waals surface area contributed by atoms with Crippen LogP contribution >= 0.6 is 11.6 Å². The summed E-state index contributed by atoms with van der Waals surface area (Å²) >= 11 is 5.75. The van der Waals surface area contributed by atoms with Crippen molar-refractivity contribution in [3.05, 3.63) is 29.8 Å². The zero-order chi connectivity index (χ0) is 11.3. The Morgan fingerprint density at radius 1 is 1.27 bits per heavy atom. The van der Waals surface area contributed by atoms with Crippen molar-refractivity contribution in [2.24, 2.45) is 5.92 Å². The fourth-order valence-corrected chi connectivity index (χ4v) is 1.72. The minimum absolute atomic E-state index is 0.593. The second-order valence-electron chi connectivity index (χ2n) is 4.19. The predicted octanol–water partition coefficient (Wildman–Crippen LogP) is 3.91. The molecule has 0 spiro atoms. The van der Waals surface area contributed by atoms with Crippen molar-refractivity contribution < 1.29 is 0 Å². The topological polar surface area (TPSA) is 3.24 Å². The molecule has 0 radical (unpaired) electrons. The van der Waals surface area contributed by atoms with Crippen molar-refractivity contribution >= 4 is 17.3 Å². The average molecular weight is 226 g/mol. The first-order chi connectivity index (χ1) is 7.17. The van der Waals surface area contributed by atoms with E-state index in [1.165, 1.54) is 17.7 Å². The molecule has 0 N–H and O–H groups in total. The molecule has 15 heavy (non-hydrogen) atoms. The van der Waals surface area contributed by atoms with Crippen molar-refractivity contribution in [1.29, 1.82) is 0 Å². The molecule has 1 nitrogen and oxygen atoms in total. The quantitative estimate of drug-likeness (QED) is 0.687. The summed E-state index contributed by atoms with van der Waals surface area (Å²) in [4.78, 5) is 2.30. The highest BCUT2D eigenvalue weighted by Gasteiger charge is 2.05. The summed E-state index contributed by atoms with van der Waals surface area (Å²) < 4.78 is 0. The Morgan fingerprint density at radius 2 is 1.87 bits per heavy atom. The van der Waals surface area contributed by atoms with Gasteiger partial charge < -0.3 is 4.90 Å². The van der Waals surface area contributed by atoms with Crippen LogP contribution in [0.5, 0.6) is 0 Å². The van der Waals surface area contributed by atoms with Crippen molar-refractivity contribution in [3.8, 4) is 0 Å². The molecule has 0 aliphatic carbocycles. The molecule has 2 heteroatoms. The van der Waals surface area contributed by atoms with Crippen LogP contribution in [0.4, 0.5) is 5.69 Å². The third kappa shape index (κ3) is 3.75. The SMILES string of the molecule is CCC(C)CN(C)c1ccc(CCl)cc1. The highest BCUT2D eigenvalue weighted by Crippen LogP contribution is 2.16. The highest BCUT2D eigenvalue weighted by atomic mass is 35.5. The van der Waals surface area contributed by atoms with Crippen molar-refractivity contribution in [2.45, 2.75) is 26.1 Å². The van der Waals surface area contributed by atoms with Gasteiger partial charge in [-0.2, -0.15) is 0 Å². The van der Waals surface area contributed by atoms with E-state index in [2.05, 4.69) is 50.1 Å². The molecule has 84 valence electrons. The molecule has 1 rings (SSSR count). The normalized spacial score (nSPS) is 12.5. The van der Waals surface area contributed by atoms with E-state index in [-0.39, 0.29) is 0 Å². The number of alkyl halides is 1. The number of benzene rings is 1. The van der Waals surface area contributed by atoms with Crippen LogP contribution in [0.1, 0.15) is 25.8 Å². The first-order valence-corrected chi connectivity index (χ1v) is 6.06. The molecule has 0 fully saturated rings. The van der Waals surface area contributed by atoms with Gasteiger partial charge in [-0.3, -0.25) is 0 Å². The monoisotopic (exact) mass is 225 g/mol. The van der Waals surface area contributed by atoms with Gasteiger partial charge in [0.05, 0.1) is 0 Å². The van der Waals surface area contributed by atoms with Crippen LogP contribution in [0.15, 0.2) is 24.3 Å². The van der Waals surface area contributed by atoms with Gasteiger partial charge in [-0.1, -0.05) is 32.4 Å². The molecule has 0 aromatic heterocycles. The van der Waals surface area contributed by atoms with Gasteiger partial charge in [-0.25, -0.2) is 0 Å². The van der Waals surface area contributed by atoms with Gasteiger partial charge in [-0.15, -0.1) is 11.6 Å². The molecule has 0 aliphatic rings. The smallest absolute Gasteiger partial charge is 0.0474 e. The lowest BCUT2D eigenvalue weighted by atomic mass is 10.1. The lowest BCUT2D eigenvalue weighted by molar-refractivity contribution is 0.560. The zero-order valence-electron chi connectivity index (χ0n) is 9.83. The minimum atomic E-state index is 0.593. The van der Waals surface area contributed by atoms with Crippen LogP contribution in [0.25, 0.3) is 0 Å². The standard InChI is InChI=1S/C13H20ClN/c1-4-11(2)10-15(3)13-7-5-12(9-14)6-8-13/h5-8,11H,4,9-10H2,1-3H3. The second-order valence-corrected chi connectivity index (χ2v) is 4.46. The van der Waals surface area contributed by atoms with Crippen LogP contribution in [0, 0.1) is 5.92 Å². The maximum atomic E-state index is 5.75. The lowest BCUT2D eigenvalue weighted by Crippen LogP contribution is -2.23. The van der Waals surface area contributed by atoms with Gasteiger partial charge in [0.1, 0.15) is 0 Å². The molecule has 1 aromatic carbocycles. The summed E-state index contributed by atoms with van der Waals surface area (Å²) in [6.45, 7) is 5.62. The Bertz CT molecular complexity index is 281. The van der Waals surface area contributed by atoms with Crippen molar-refractivity contribution in [1.82, 2.24) is 0 Å². The van der Waals surface area contributed by atoms with E-state index in [0.29, 0.717) is 5.88 Å². The lowest BCUT2D eigenvalue weighted by Gasteiger charge is -2.22. The van der Waals surface area contributed by atoms with Gasteiger partial charge in [0.25, 0.3) is 0 Å². The van der Waals surface area contributed by atoms with Gasteiger partial charge in [0.2, 0.25) is 0 Å².